The fourth-order valence-electron chi connectivity index (χ4n) is 1.49. The van der Waals surface area contributed by atoms with E-state index < -0.39 is 0 Å². The molecule has 0 saturated heterocycles. The summed E-state index contributed by atoms with van der Waals surface area (Å²) in [5, 5.41) is 6.87. The van der Waals surface area contributed by atoms with Crippen LogP contribution in [0.4, 0.5) is 5.69 Å². The number of amides is 1. The number of carbonyl (C=O) groups is 1. The van der Waals surface area contributed by atoms with E-state index in [1.54, 1.807) is 30.2 Å². The van der Waals surface area contributed by atoms with Gasteiger partial charge in [0.15, 0.2) is 5.82 Å². The fourth-order valence-corrected chi connectivity index (χ4v) is 1.49. The summed E-state index contributed by atoms with van der Waals surface area (Å²) < 4.78 is 1.62. The Balaban J connectivity index is 1.83. The lowest BCUT2D eigenvalue weighted by Gasteiger charge is -2.04. The van der Waals surface area contributed by atoms with Gasteiger partial charge in [0.05, 0.1) is 11.9 Å². The maximum Gasteiger partial charge on any atom is 0.269 e. The number of aromatic nitrogens is 4. The molecule has 2 rings (SSSR count). The average molecular weight is 261 g/mol. The highest BCUT2D eigenvalue weighted by molar-refractivity contribution is 5.92. The molecule has 100 valence electrons. The van der Waals surface area contributed by atoms with Gasteiger partial charge < -0.3 is 10.7 Å². The second-order valence-corrected chi connectivity index (χ2v) is 3.92. The Bertz CT molecular complexity index is 548. The number of aryl methyl sites for hydroxylation is 1. The molecule has 0 atom stereocenters. The summed E-state index contributed by atoms with van der Waals surface area (Å²) in [5.41, 5.74) is 3.44. The zero-order valence-electron chi connectivity index (χ0n) is 10.5. The summed E-state index contributed by atoms with van der Waals surface area (Å²) in [7, 11) is 1.80. The van der Waals surface area contributed by atoms with Gasteiger partial charge in [0.25, 0.3) is 5.91 Å². The third-order valence-electron chi connectivity index (χ3n) is 2.44. The Morgan fingerprint density at radius 1 is 1.42 bits per heavy atom. The van der Waals surface area contributed by atoms with E-state index in [2.05, 4.69) is 25.8 Å². The van der Waals surface area contributed by atoms with Crippen molar-refractivity contribution in [1.82, 2.24) is 25.1 Å². The molecule has 2 heterocycles. The standard InChI is InChI=1S/C11H15N7O/c1-18-7-15-10(17-18)4-5-13-11(19)9-3-2-8(16-12)6-14-9/h2-3,6-7,16H,4-5,12H2,1H3,(H,13,19). The van der Waals surface area contributed by atoms with E-state index in [-0.39, 0.29) is 5.91 Å². The number of hydrazine groups is 1. The Hall–Kier alpha value is -2.48. The Labute approximate surface area is 110 Å². The molecule has 0 aliphatic rings. The minimum absolute atomic E-state index is 0.237. The summed E-state index contributed by atoms with van der Waals surface area (Å²) >= 11 is 0. The molecular formula is C11H15N7O. The van der Waals surface area contributed by atoms with E-state index in [0.29, 0.717) is 30.2 Å². The lowest BCUT2D eigenvalue weighted by atomic mass is 10.3. The number of rotatable bonds is 5. The largest absolute Gasteiger partial charge is 0.350 e. The number of pyridine rings is 1. The molecule has 1 amide bonds. The van der Waals surface area contributed by atoms with Crippen molar-refractivity contribution in [3.05, 3.63) is 36.2 Å². The third-order valence-corrected chi connectivity index (χ3v) is 2.44. The lowest BCUT2D eigenvalue weighted by molar-refractivity contribution is 0.0949. The molecule has 4 N–H and O–H groups in total. The molecule has 0 radical (unpaired) electrons. The van der Waals surface area contributed by atoms with Crippen LogP contribution in [-0.4, -0.2) is 32.2 Å². The summed E-state index contributed by atoms with van der Waals surface area (Å²) in [4.78, 5) is 19.8. The fraction of sp³-hybridized carbons (Fsp3) is 0.273. The Kier molecular flexibility index (Phi) is 4.04. The number of hydrogen-bond acceptors (Lipinski definition) is 6. The number of nitrogens with zero attached hydrogens (tertiary/aromatic N) is 4. The minimum Gasteiger partial charge on any atom is -0.350 e. The predicted octanol–water partition coefficient (Wildman–Crippen LogP) is -0.532. The van der Waals surface area contributed by atoms with Crippen LogP contribution in [0.1, 0.15) is 16.3 Å². The molecule has 0 aliphatic heterocycles. The van der Waals surface area contributed by atoms with Crippen molar-refractivity contribution in [3.8, 4) is 0 Å². The second kappa shape index (κ2) is 5.91. The van der Waals surface area contributed by atoms with Crippen LogP contribution in [0.3, 0.4) is 0 Å². The molecule has 0 spiro atoms. The highest BCUT2D eigenvalue weighted by Gasteiger charge is 2.07. The van der Waals surface area contributed by atoms with Crippen LogP contribution < -0.4 is 16.6 Å². The van der Waals surface area contributed by atoms with Crippen molar-refractivity contribution < 1.29 is 4.79 Å². The van der Waals surface area contributed by atoms with Crippen LogP contribution >= 0.6 is 0 Å². The van der Waals surface area contributed by atoms with Gasteiger partial charge in [-0.25, -0.2) is 9.97 Å². The number of hydrogen-bond donors (Lipinski definition) is 3. The maximum atomic E-state index is 11.8. The van der Waals surface area contributed by atoms with E-state index in [1.165, 1.54) is 6.20 Å². The topological polar surface area (TPSA) is 111 Å². The quantitative estimate of drug-likeness (QED) is 0.493. The van der Waals surface area contributed by atoms with Crippen LogP contribution in [0.25, 0.3) is 0 Å². The van der Waals surface area contributed by atoms with E-state index in [4.69, 9.17) is 5.84 Å². The van der Waals surface area contributed by atoms with Gasteiger partial charge in [-0.2, -0.15) is 5.10 Å². The first kappa shape index (κ1) is 13.0. The van der Waals surface area contributed by atoms with E-state index >= 15 is 0 Å². The summed E-state index contributed by atoms with van der Waals surface area (Å²) in [6, 6.07) is 3.28. The molecule has 19 heavy (non-hydrogen) atoms. The number of anilines is 1. The highest BCUT2D eigenvalue weighted by atomic mass is 16.1. The van der Waals surface area contributed by atoms with Gasteiger partial charge >= 0.3 is 0 Å². The molecule has 8 heteroatoms. The summed E-state index contributed by atoms with van der Waals surface area (Å²) in [5.74, 6) is 5.67. The van der Waals surface area contributed by atoms with Gasteiger partial charge in [0, 0.05) is 20.0 Å². The zero-order chi connectivity index (χ0) is 13.7. The number of nitrogens with one attached hydrogen (secondary N) is 2. The van der Waals surface area contributed by atoms with Crippen molar-refractivity contribution in [2.24, 2.45) is 12.9 Å². The van der Waals surface area contributed by atoms with Crippen LogP contribution in [-0.2, 0) is 13.5 Å². The van der Waals surface area contributed by atoms with Crippen LogP contribution in [0, 0.1) is 0 Å². The molecule has 0 bridgehead atoms. The van der Waals surface area contributed by atoms with Gasteiger partial charge in [0.2, 0.25) is 0 Å². The highest BCUT2D eigenvalue weighted by Crippen LogP contribution is 2.03. The molecule has 2 aromatic heterocycles. The van der Waals surface area contributed by atoms with Gasteiger partial charge in [-0.1, -0.05) is 0 Å². The van der Waals surface area contributed by atoms with Gasteiger partial charge in [0.1, 0.15) is 12.0 Å². The lowest BCUT2D eigenvalue weighted by Crippen LogP contribution is -2.26. The first-order chi connectivity index (χ1) is 9.19. The third kappa shape index (κ3) is 3.49. The number of nitrogens with two attached hydrogens (primary N) is 1. The molecule has 0 fully saturated rings. The second-order valence-electron chi connectivity index (χ2n) is 3.92. The minimum atomic E-state index is -0.237. The Morgan fingerprint density at radius 2 is 2.26 bits per heavy atom. The predicted molar refractivity (Wildman–Crippen MR) is 69.1 cm³/mol. The van der Waals surface area contributed by atoms with Crippen molar-refractivity contribution in [2.75, 3.05) is 12.0 Å². The number of carbonyl (C=O) groups excluding carboxylic acids is 1. The Morgan fingerprint density at radius 3 is 2.84 bits per heavy atom. The molecule has 8 nitrogen and oxygen atoms in total. The summed E-state index contributed by atoms with van der Waals surface area (Å²) in [6.45, 7) is 0.460. The van der Waals surface area contributed by atoms with E-state index in [9.17, 15) is 4.79 Å². The monoisotopic (exact) mass is 261 g/mol. The maximum absolute atomic E-state index is 11.8. The van der Waals surface area contributed by atoms with E-state index in [1.807, 2.05) is 0 Å². The summed E-state index contributed by atoms with van der Waals surface area (Å²) in [6.07, 6.45) is 3.70. The zero-order valence-corrected chi connectivity index (χ0v) is 10.5. The van der Waals surface area contributed by atoms with Crippen LogP contribution in [0.2, 0.25) is 0 Å². The van der Waals surface area contributed by atoms with Crippen molar-refractivity contribution in [2.45, 2.75) is 6.42 Å². The van der Waals surface area contributed by atoms with Crippen molar-refractivity contribution in [1.29, 1.82) is 0 Å². The van der Waals surface area contributed by atoms with E-state index in [0.717, 1.165) is 0 Å². The molecule has 2 aromatic rings. The molecule has 0 aromatic carbocycles. The van der Waals surface area contributed by atoms with Crippen molar-refractivity contribution in [3.63, 3.8) is 0 Å². The first-order valence-corrected chi connectivity index (χ1v) is 5.74. The molecule has 0 aliphatic carbocycles. The van der Waals surface area contributed by atoms with Crippen LogP contribution in [0.5, 0.6) is 0 Å². The SMILES string of the molecule is Cn1cnc(CCNC(=O)c2ccc(NN)cn2)n1. The number of nitrogen functional groups attached to an aromatic ring is 1. The smallest absolute Gasteiger partial charge is 0.269 e. The van der Waals surface area contributed by atoms with Crippen LogP contribution in [0.15, 0.2) is 24.7 Å². The molecular weight excluding hydrogens is 246 g/mol. The molecule has 0 saturated carbocycles. The first-order valence-electron chi connectivity index (χ1n) is 5.74. The molecule has 0 unspecified atom stereocenters. The van der Waals surface area contributed by atoms with Crippen molar-refractivity contribution >= 4 is 11.6 Å². The van der Waals surface area contributed by atoms with Gasteiger partial charge in [-0.3, -0.25) is 15.3 Å². The normalized spacial score (nSPS) is 10.2. The van der Waals surface area contributed by atoms with Gasteiger partial charge in [-0.15, -0.1) is 0 Å². The van der Waals surface area contributed by atoms with Gasteiger partial charge in [-0.05, 0) is 12.1 Å². The average Bonchev–Trinajstić information content (AvgIpc) is 2.84.